The van der Waals surface area contributed by atoms with Gasteiger partial charge in [0, 0.05) is 22.4 Å². The molecule has 54 heavy (non-hydrogen) atoms. The van der Waals surface area contributed by atoms with Gasteiger partial charge in [0.05, 0.1) is 0 Å². The van der Waals surface area contributed by atoms with Crippen molar-refractivity contribution in [1.82, 2.24) is 0 Å². The van der Waals surface area contributed by atoms with Crippen LogP contribution in [0.2, 0.25) is 0 Å². The molecule has 2 heteroatoms. The van der Waals surface area contributed by atoms with Gasteiger partial charge in [0.25, 0.3) is 0 Å². The molecule has 0 amide bonds. The summed E-state index contributed by atoms with van der Waals surface area (Å²) in [4.78, 5) is 2.58. The van der Waals surface area contributed by atoms with Crippen LogP contribution < -0.4 is 21.3 Å². The maximum Gasteiger partial charge on any atom is 0.248 e. The fraction of sp³-hybridized carbons (Fsp3) is 0.115. The first kappa shape index (κ1) is 32.5. The van der Waals surface area contributed by atoms with Crippen LogP contribution >= 0.6 is 0 Å². The van der Waals surface area contributed by atoms with Crippen LogP contribution in [-0.4, -0.2) is 6.71 Å². The standard InChI is InChI=1S/C52H42BN/c1-33(2)39-29-27-37-28-30-43-47(34(3)4)51-52(44-32-31-42(39)48(37)49(43)44)54(38-21-12-7-13-22-38)46-26-15-14-25-45(46)53(51)50-40(35-17-8-5-9-18-35)23-16-24-41(50)36-19-10-6-11-20-36/h5-34H,1-4H3. The molecule has 0 saturated carbocycles. The van der Waals surface area contributed by atoms with Crippen LogP contribution in [0, 0.1) is 0 Å². The highest BCUT2D eigenvalue weighted by Gasteiger charge is 2.41. The monoisotopic (exact) mass is 691 g/mol. The first-order valence-electron chi connectivity index (χ1n) is 19.5. The predicted octanol–water partition coefficient (Wildman–Crippen LogP) is 12.5. The SMILES string of the molecule is CC(C)c1ccc2ccc3c(C(C)C)c4c(c5ccc1c2c35)N(c1ccccc1)c1ccccc1B4c1c(-c2ccccc2)cccc1-c1ccccc1. The average molecular weight is 692 g/mol. The first-order chi connectivity index (χ1) is 26.5. The van der Waals surface area contributed by atoms with E-state index in [2.05, 4.69) is 202 Å². The van der Waals surface area contributed by atoms with E-state index in [0.29, 0.717) is 5.92 Å². The van der Waals surface area contributed by atoms with E-state index in [4.69, 9.17) is 0 Å². The molecule has 0 radical (unpaired) electrons. The molecule has 0 bridgehead atoms. The summed E-state index contributed by atoms with van der Waals surface area (Å²) in [5.41, 5.74) is 15.7. The van der Waals surface area contributed by atoms with Gasteiger partial charge in [0.1, 0.15) is 0 Å². The van der Waals surface area contributed by atoms with E-state index in [1.807, 2.05) is 0 Å². The molecule has 0 aromatic heterocycles. The van der Waals surface area contributed by atoms with E-state index >= 15 is 0 Å². The number of para-hydroxylation sites is 2. The molecule has 0 fully saturated rings. The van der Waals surface area contributed by atoms with Crippen molar-refractivity contribution in [2.45, 2.75) is 39.5 Å². The van der Waals surface area contributed by atoms with Crippen LogP contribution in [0.5, 0.6) is 0 Å². The van der Waals surface area contributed by atoms with E-state index in [1.54, 1.807) is 0 Å². The van der Waals surface area contributed by atoms with Gasteiger partial charge in [-0.3, -0.25) is 0 Å². The third-order valence-corrected chi connectivity index (χ3v) is 11.8. The Kier molecular flexibility index (Phi) is 7.70. The summed E-state index contributed by atoms with van der Waals surface area (Å²) in [7, 11) is 0. The van der Waals surface area contributed by atoms with Gasteiger partial charge < -0.3 is 4.90 Å². The van der Waals surface area contributed by atoms with Crippen molar-refractivity contribution < 1.29 is 0 Å². The maximum absolute atomic E-state index is 2.58. The first-order valence-corrected chi connectivity index (χ1v) is 19.5. The van der Waals surface area contributed by atoms with Crippen LogP contribution in [0.25, 0.3) is 54.6 Å². The number of hydrogen-bond donors (Lipinski definition) is 0. The van der Waals surface area contributed by atoms with Gasteiger partial charge in [-0.15, -0.1) is 0 Å². The van der Waals surface area contributed by atoms with E-state index in [0.717, 1.165) is 0 Å². The van der Waals surface area contributed by atoms with Crippen molar-refractivity contribution in [3.05, 3.63) is 181 Å². The quantitative estimate of drug-likeness (QED) is 0.124. The number of fused-ring (bicyclic) bond motifs is 3. The van der Waals surface area contributed by atoms with Gasteiger partial charge >= 0.3 is 0 Å². The van der Waals surface area contributed by atoms with E-state index < -0.39 is 0 Å². The zero-order chi connectivity index (χ0) is 36.5. The fourth-order valence-electron chi connectivity index (χ4n) is 9.64. The molecule has 9 aromatic rings. The Morgan fingerprint density at radius 2 is 1.02 bits per heavy atom. The summed E-state index contributed by atoms with van der Waals surface area (Å²) in [6.45, 7) is 9.41. The van der Waals surface area contributed by atoms with Gasteiger partial charge in [-0.05, 0) is 101 Å². The second kappa shape index (κ2) is 12.8. The summed E-state index contributed by atoms with van der Waals surface area (Å²) >= 11 is 0. The van der Waals surface area contributed by atoms with E-state index in [-0.39, 0.29) is 12.6 Å². The van der Waals surface area contributed by atoms with Crippen LogP contribution in [0.3, 0.4) is 0 Å². The summed E-state index contributed by atoms with van der Waals surface area (Å²) in [6.07, 6.45) is 0. The lowest BCUT2D eigenvalue weighted by molar-refractivity contribution is 0.877. The van der Waals surface area contributed by atoms with Crippen LogP contribution in [-0.2, 0) is 0 Å². The lowest BCUT2D eigenvalue weighted by atomic mass is 9.32. The van der Waals surface area contributed by atoms with Crippen LogP contribution in [0.15, 0.2) is 170 Å². The molecule has 0 spiro atoms. The number of anilines is 3. The van der Waals surface area contributed by atoms with Gasteiger partial charge in [-0.2, -0.15) is 0 Å². The van der Waals surface area contributed by atoms with Gasteiger partial charge in [0.15, 0.2) is 0 Å². The second-order valence-corrected chi connectivity index (χ2v) is 15.5. The topological polar surface area (TPSA) is 3.24 Å². The molecule has 0 N–H and O–H groups in total. The second-order valence-electron chi connectivity index (χ2n) is 15.5. The predicted molar refractivity (Wildman–Crippen MR) is 235 cm³/mol. The highest BCUT2D eigenvalue weighted by atomic mass is 15.2. The van der Waals surface area contributed by atoms with Crippen LogP contribution in [0.1, 0.15) is 50.7 Å². The number of nitrogens with zero attached hydrogens (tertiary/aromatic N) is 1. The van der Waals surface area contributed by atoms with Crippen molar-refractivity contribution in [3.63, 3.8) is 0 Å². The molecule has 0 unspecified atom stereocenters. The Morgan fingerprint density at radius 3 is 1.67 bits per heavy atom. The molecule has 0 saturated heterocycles. The number of benzene rings is 9. The van der Waals surface area contributed by atoms with Crippen molar-refractivity contribution in [3.8, 4) is 22.3 Å². The van der Waals surface area contributed by atoms with E-state index in [1.165, 1.54) is 99.1 Å². The molecule has 9 aromatic carbocycles. The number of hydrogen-bond acceptors (Lipinski definition) is 1. The average Bonchev–Trinajstić information content (AvgIpc) is 3.22. The third-order valence-electron chi connectivity index (χ3n) is 11.8. The van der Waals surface area contributed by atoms with E-state index in [9.17, 15) is 0 Å². The summed E-state index contributed by atoms with van der Waals surface area (Å²) in [5.74, 6) is 0.693. The molecule has 0 aliphatic carbocycles. The third kappa shape index (κ3) is 4.86. The molecule has 10 rings (SSSR count). The summed E-state index contributed by atoms with van der Waals surface area (Å²) in [6, 6.07) is 63.5. The van der Waals surface area contributed by atoms with Crippen molar-refractivity contribution >= 4 is 72.5 Å². The summed E-state index contributed by atoms with van der Waals surface area (Å²) in [5, 5.41) is 8.13. The lowest BCUT2D eigenvalue weighted by Crippen LogP contribution is -2.59. The summed E-state index contributed by atoms with van der Waals surface area (Å²) < 4.78 is 0. The number of rotatable bonds is 6. The maximum atomic E-state index is 2.58. The zero-order valence-electron chi connectivity index (χ0n) is 31.3. The molecule has 0 atom stereocenters. The molecule has 1 heterocycles. The van der Waals surface area contributed by atoms with Crippen molar-refractivity contribution in [2.24, 2.45) is 0 Å². The van der Waals surface area contributed by atoms with Crippen LogP contribution in [0.4, 0.5) is 17.1 Å². The molecule has 258 valence electrons. The van der Waals surface area contributed by atoms with Gasteiger partial charge in [-0.1, -0.05) is 185 Å². The fourth-order valence-corrected chi connectivity index (χ4v) is 9.64. The Morgan fingerprint density at radius 1 is 0.444 bits per heavy atom. The lowest BCUT2D eigenvalue weighted by Gasteiger charge is -2.41. The normalized spacial score (nSPS) is 12.7. The minimum atomic E-state index is -0.0340. The largest absolute Gasteiger partial charge is 0.311 e. The molecular formula is C52H42BN. The minimum Gasteiger partial charge on any atom is -0.311 e. The highest BCUT2D eigenvalue weighted by molar-refractivity contribution is 7.00. The molecule has 1 aliphatic heterocycles. The van der Waals surface area contributed by atoms with Crippen molar-refractivity contribution in [1.29, 1.82) is 0 Å². The molecule has 1 nitrogen and oxygen atoms in total. The van der Waals surface area contributed by atoms with Gasteiger partial charge in [0.2, 0.25) is 6.71 Å². The van der Waals surface area contributed by atoms with Crippen molar-refractivity contribution in [2.75, 3.05) is 4.90 Å². The smallest absolute Gasteiger partial charge is 0.248 e. The molecular weight excluding hydrogens is 649 g/mol. The Balaban J connectivity index is 1.44. The van der Waals surface area contributed by atoms with Gasteiger partial charge in [-0.25, -0.2) is 0 Å². The highest BCUT2D eigenvalue weighted by Crippen LogP contribution is 2.48. The molecule has 1 aliphatic rings. The zero-order valence-corrected chi connectivity index (χ0v) is 31.3. The Labute approximate surface area is 319 Å². The Hall–Kier alpha value is -6.12. The Bertz CT molecular complexity index is 2760. The minimum absolute atomic E-state index is 0.0340.